The second-order valence-electron chi connectivity index (χ2n) is 5.45. The summed E-state index contributed by atoms with van der Waals surface area (Å²) in [6.07, 6.45) is 4.64. The van der Waals surface area contributed by atoms with Gasteiger partial charge in [0.2, 0.25) is 5.91 Å². The molecule has 106 valence electrons. The van der Waals surface area contributed by atoms with E-state index in [9.17, 15) is 4.79 Å². The molecule has 0 aromatic carbocycles. The predicted octanol–water partition coefficient (Wildman–Crippen LogP) is 0.341. The van der Waals surface area contributed by atoms with Gasteiger partial charge in [0, 0.05) is 19.7 Å². The quantitative estimate of drug-likeness (QED) is 0.690. The smallest absolute Gasteiger partial charge is 0.237 e. The van der Waals surface area contributed by atoms with Crippen LogP contribution in [0.25, 0.3) is 0 Å². The number of nitrogens with one attached hydrogen (secondary N) is 1. The van der Waals surface area contributed by atoms with Crippen LogP contribution in [-0.2, 0) is 9.53 Å². The van der Waals surface area contributed by atoms with Gasteiger partial charge in [-0.15, -0.1) is 0 Å². The molecule has 0 aromatic heterocycles. The fourth-order valence-corrected chi connectivity index (χ4v) is 2.18. The van der Waals surface area contributed by atoms with E-state index in [4.69, 9.17) is 10.5 Å². The number of ether oxygens (including phenoxy) is 1. The van der Waals surface area contributed by atoms with Gasteiger partial charge in [0.1, 0.15) is 0 Å². The Kier molecular flexibility index (Phi) is 6.05. The van der Waals surface area contributed by atoms with Gasteiger partial charge in [-0.2, -0.15) is 0 Å². The maximum atomic E-state index is 11.4. The minimum Gasteiger partial charge on any atom is -0.377 e. The molecule has 0 aromatic rings. The molecule has 2 atom stereocenters. The van der Waals surface area contributed by atoms with Crippen molar-refractivity contribution >= 4 is 5.91 Å². The van der Waals surface area contributed by atoms with Crippen LogP contribution in [-0.4, -0.2) is 56.2 Å². The number of rotatable bonds is 7. The number of nitrogens with two attached hydrogens (primary N) is 1. The van der Waals surface area contributed by atoms with E-state index in [2.05, 4.69) is 17.3 Å². The van der Waals surface area contributed by atoms with Gasteiger partial charge < -0.3 is 20.7 Å². The van der Waals surface area contributed by atoms with Gasteiger partial charge in [-0.3, -0.25) is 4.79 Å². The van der Waals surface area contributed by atoms with Gasteiger partial charge in [-0.25, -0.2) is 0 Å². The largest absolute Gasteiger partial charge is 0.377 e. The first kappa shape index (κ1) is 15.4. The standard InChI is InChI=1S/C13H27N3O2/c1-13(15-2,12(14)17)7-8-16(3)10-11-6-4-5-9-18-11/h11,15H,4-10H2,1-3H3,(H2,14,17). The zero-order valence-electron chi connectivity index (χ0n) is 11.9. The Morgan fingerprint density at radius 2 is 2.28 bits per heavy atom. The molecule has 3 N–H and O–H groups in total. The highest BCUT2D eigenvalue weighted by molar-refractivity contribution is 5.84. The number of hydrogen-bond acceptors (Lipinski definition) is 4. The summed E-state index contributed by atoms with van der Waals surface area (Å²) in [5.74, 6) is -0.299. The normalized spacial score (nSPS) is 23.9. The molecule has 1 aliphatic rings. The van der Waals surface area contributed by atoms with Crippen LogP contribution < -0.4 is 11.1 Å². The average Bonchev–Trinajstić information content (AvgIpc) is 2.37. The Labute approximate surface area is 110 Å². The molecule has 0 spiro atoms. The Bertz CT molecular complexity index is 267. The Hall–Kier alpha value is -0.650. The van der Waals surface area contributed by atoms with Crippen LogP contribution in [0.2, 0.25) is 0 Å². The van der Waals surface area contributed by atoms with Gasteiger partial charge in [0.15, 0.2) is 0 Å². The van der Waals surface area contributed by atoms with Crippen LogP contribution in [0, 0.1) is 0 Å². The molecule has 0 aliphatic carbocycles. The van der Waals surface area contributed by atoms with Crippen molar-refractivity contribution in [1.29, 1.82) is 0 Å². The number of amides is 1. The van der Waals surface area contributed by atoms with E-state index in [-0.39, 0.29) is 5.91 Å². The third-order valence-corrected chi connectivity index (χ3v) is 3.88. The number of carbonyl (C=O) groups excluding carboxylic acids is 1. The third-order valence-electron chi connectivity index (χ3n) is 3.88. The minimum atomic E-state index is -0.623. The summed E-state index contributed by atoms with van der Waals surface area (Å²) in [6, 6.07) is 0. The lowest BCUT2D eigenvalue weighted by Crippen LogP contribution is -2.53. The first-order chi connectivity index (χ1) is 8.48. The van der Waals surface area contributed by atoms with Crippen LogP contribution in [0.5, 0.6) is 0 Å². The van der Waals surface area contributed by atoms with Crippen LogP contribution in [0.15, 0.2) is 0 Å². The number of likely N-dealkylation sites (N-methyl/N-ethyl adjacent to an activating group) is 2. The lowest BCUT2D eigenvalue weighted by atomic mass is 9.97. The number of primary amides is 1. The van der Waals surface area contributed by atoms with E-state index in [0.717, 1.165) is 26.1 Å². The number of hydrogen-bond donors (Lipinski definition) is 2. The number of carbonyl (C=O) groups is 1. The predicted molar refractivity (Wildman–Crippen MR) is 72.4 cm³/mol. The fraction of sp³-hybridized carbons (Fsp3) is 0.923. The monoisotopic (exact) mass is 257 g/mol. The van der Waals surface area contributed by atoms with Crippen molar-refractivity contribution in [3.05, 3.63) is 0 Å². The Balaban J connectivity index is 2.31. The second kappa shape index (κ2) is 7.07. The van der Waals surface area contributed by atoms with Crippen LogP contribution in [0.1, 0.15) is 32.6 Å². The maximum Gasteiger partial charge on any atom is 0.237 e. The zero-order valence-corrected chi connectivity index (χ0v) is 11.9. The molecule has 5 nitrogen and oxygen atoms in total. The van der Waals surface area contributed by atoms with Gasteiger partial charge in [0.25, 0.3) is 0 Å². The van der Waals surface area contributed by atoms with Crippen LogP contribution in [0.4, 0.5) is 0 Å². The maximum absolute atomic E-state index is 11.4. The van der Waals surface area contributed by atoms with Crippen molar-refractivity contribution in [2.45, 2.75) is 44.2 Å². The van der Waals surface area contributed by atoms with Gasteiger partial charge in [-0.05, 0) is 46.7 Å². The Morgan fingerprint density at radius 1 is 1.56 bits per heavy atom. The molecule has 1 saturated heterocycles. The SMILES string of the molecule is CNC(C)(CCN(C)CC1CCCCO1)C(N)=O. The van der Waals surface area contributed by atoms with Crippen molar-refractivity contribution in [2.75, 3.05) is 33.8 Å². The molecule has 0 radical (unpaired) electrons. The average molecular weight is 257 g/mol. The molecule has 1 fully saturated rings. The highest BCUT2D eigenvalue weighted by Crippen LogP contribution is 2.14. The molecule has 0 saturated carbocycles. The van der Waals surface area contributed by atoms with Crippen molar-refractivity contribution in [3.8, 4) is 0 Å². The summed E-state index contributed by atoms with van der Waals surface area (Å²) in [5.41, 5.74) is 4.78. The number of nitrogens with zero attached hydrogens (tertiary/aromatic N) is 1. The molecule has 0 bridgehead atoms. The molecule has 1 heterocycles. The zero-order chi connectivity index (χ0) is 13.6. The van der Waals surface area contributed by atoms with Crippen molar-refractivity contribution in [1.82, 2.24) is 10.2 Å². The highest BCUT2D eigenvalue weighted by Gasteiger charge is 2.29. The Morgan fingerprint density at radius 3 is 2.78 bits per heavy atom. The highest BCUT2D eigenvalue weighted by atomic mass is 16.5. The third kappa shape index (κ3) is 4.55. The van der Waals surface area contributed by atoms with Crippen molar-refractivity contribution < 1.29 is 9.53 Å². The van der Waals surface area contributed by atoms with Crippen LogP contribution >= 0.6 is 0 Å². The first-order valence-corrected chi connectivity index (χ1v) is 6.77. The molecule has 2 unspecified atom stereocenters. The summed E-state index contributed by atoms with van der Waals surface area (Å²) < 4.78 is 5.71. The summed E-state index contributed by atoms with van der Waals surface area (Å²) >= 11 is 0. The lowest BCUT2D eigenvalue weighted by molar-refractivity contribution is -0.124. The van der Waals surface area contributed by atoms with Crippen molar-refractivity contribution in [3.63, 3.8) is 0 Å². The van der Waals surface area contributed by atoms with Crippen LogP contribution in [0.3, 0.4) is 0 Å². The summed E-state index contributed by atoms with van der Waals surface area (Å²) in [5, 5.41) is 3.00. The van der Waals surface area contributed by atoms with Gasteiger partial charge in [-0.1, -0.05) is 0 Å². The van der Waals surface area contributed by atoms with Gasteiger partial charge in [0.05, 0.1) is 11.6 Å². The van der Waals surface area contributed by atoms with E-state index in [0.29, 0.717) is 12.5 Å². The molecule has 5 heteroatoms. The van der Waals surface area contributed by atoms with E-state index in [1.807, 2.05) is 6.92 Å². The summed E-state index contributed by atoms with van der Waals surface area (Å²) in [4.78, 5) is 13.6. The van der Waals surface area contributed by atoms with Gasteiger partial charge >= 0.3 is 0 Å². The van der Waals surface area contributed by atoms with Crippen molar-refractivity contribution in [2.24, 2.45) is 5.73 Å². The molecule has 18 heavy (non-hydrogen) atoms. The molecule has 1 rings (SSSR count). The molecular weight excluding hydrogens is 230 g/mol. The topological polar surface area (TPSA) is 67.6 Å². The van der Waals surface area contributed by atoms with E-state index < -0.39 is 5.54 Å². The van der Waals surface area contributed by atoms with E-state index in [1.165, 1.54) is 12.8 Å². The molecule has 1 amide bonds. The van der Waals surface area contributed by atoms with E-state index >= 15 is 0 Å². The molecule has 1 aliphatic heterocycles. The minimum absolute atomic E-state index is 0.299. The lowest BCUT2D eigenvalue weighted by Gasteiger charge is -2.31. The fourth-order valence-electron chi connectivity index (χ4n) is 2.18. The van der Waals surface area contributed by atoms with E-state index in [1.54, 1.807) is 7.05 Å². The first-order valence-electron chi connectivity index (χ1n) is 6.77. The summed E-state index contributed by atoms with van der Waals surface area (Å²) in [6.45, 7) is 4.49. The second-order valence-corrected chi connectivity index (χ2v) is 5.45. The summed E-state index contributed by atoms with van der Waals surface area (Å²) in [7, 11) is 3.84. The molecular formula is C13H27N3O2.